The van der Waals surface area contributed by atoms with Crippen LogP contribution in [0.4, 0.5) is 10.1 Å². The predicted octanol–water partition coefficient (Wildman–Crippen LogP) is 1.58. The zero-order valence-electron chi connectivity index (χ0n) is 7.66. The van der Waals surface area contributed by atoms with Gasteiger partial charge in [-0.15, -0.1) is 0 Å². The minimum absolute atomic E-state index is 0.108. The van der Waals surface area contributed by atoms with Crippen molar-refractivity contribution in [3.05, 3.63) is 39.2 Å². The first kappa shape index (κ1) is 10.6. The maximum atomic E-state index is 13.0. The molecule has 0 aliphatic carbocycles. The highest BCUT2D eigenvalue weighted by atomic mass is 19.1. The Balaban J connectivity index is 3.20. The van der Waals surface area contributed by atoms with Gasteiger partial charge in [0.1, 0.15) is 0 Å². The van der Waals surface area contributed by atoms with Crippen LogP contribution in [0, 0.1) is 22.9 Å². The maximum absolute atomic E-state index is 13.0. The second kappa shape index (κ2) is 4.15. The average Bonchev–Trinajstić information content (AvgIpc) is 2.09. The van der Waals surface area contributed by atoms with E-state index in [9.17, 15) is 14.5 Å². The number of aliphatic hydroxyl groups is 1. The lowest BCUT2D eigenvalue weighted by molar-refractivity contribution is -0.387. The smallest absolute Gasteiger partial charge is 0.305 e. The Morgan fingerprint density at radius 2 is 2.21 bits per heavy atom. The average molecular weight is 199 g/mol. The van der Waals surface area contributed by atoms with Crippen molar-refractivity contribution < 1.29 is 14.4 Å². The third kappa shape index (κ3) is 2.05. The van der Waals surface area contributed by atoms with Crippen LogP contribution in [0.3, 0.4) is 0 Å². The van der Waals surface area contributed by atoms with Gasteiger partial charge in [0, 0.05) is 12.7 Å². The molecule has 0 unspecified atom stereocenters. The SMILES string of the molecule is Cc1cc(F)c([N+](=O)[O-])cc1CCO. The fraction of sp³-hybridized carbons (Fsp3) is 0.333. The second-order valence-electron chi connectivity index (χ2n) is 2.96. The van der Waals surface area contributed by atoms with Gasteiger partial charge in [-0.3, -0.25) is 10.1 Å². The van der Waals surface area contributed by atoms with Crippen molar-refractivity contribution in [3.63, 3.8) is 0 Å². The molecule has 0 fully saturated rings. The van der Waals surface area contributed by atoms with Gasteiger partial charge in [0.25, 0.3) is 0 Å². The lowest BCUT2D eigenvalue weighted by Crippen LogP contribution is -1.99. The topological polar surface area (TPSA) is 63.4 Å². The summed E-state index contributed by atoms with van der Waals surface area (Å²) in [6, 6.07) is 2.28. The normalized spacial score (nSPS) is 10.2. The Morgan fingerprint density at radius 1 is 1.57 bits per heavy atom. The van der Waals surface area contributed by atoms with Crippen molar-refractivity contribution >= 4 is 5.69 Å². The fourth-order valence-corrected chi connectivity index (χ4v) is 1.23. The van der Waals surface area contributed by atoms with Crippen molar-refractivity contribution in [3.8, 4) is 0 Å². The van der Waals surface area contributed by atoms with Gasteiger partial charge in [-0.1, -0.05) is 0 Å². The van der Waals surface area contributed by atoms with Crippen LogP contribution in [-0.2, 0) is 6.42 Å². The number of nitrogens with zero attached hydrogens (tertiary/aromatic N) is 1. The van der Waals surface area contributed by atoms with E-state index in [0.29, 0.717) is 17.5 Å². The Hall–Kier alpha value is -1.49. The van der Waals surface area contributed by atoms with E-state index in [1.165, 1.54) is 6.07 Å². The van der Waals surface area contributed by atoms with Crippen LogP contribution in [0.1, 0.15) is 11.1 Å². The summed E-state index contributed by atoms with van der Waals surface area (Å²) in [5, 5.41) is 19.1. The standard InChI is InChI=1S/C9H10FNO3/c1-6-4-8(10)9(11(13)14)5-7(6)2-3-12/h4-5,12H,2-3H2,1H3. The minimum atomic E-state index is -0.839. The molecule has 1 rings (SSSR count). The lowest BCUT2D eigenvalue weighted by atomic mass is 10.1. The molecule has 0 bridgehead atoms. The number of aliphatic hydroxyl groups excluding tert-OH is 1. The molecule has 0 aromatic heterocycles. The van der Waals surface area contributed by atoms with E-state index >= 15 is 0 Å². The van der Waals surface area contributed by atoms with Gasteiger partial charge in [0.2, 0.25) is 5.82 Å². The largest absolute Gasteiger partial charge is 0.396 e. The summed E-state index contributed by atoms with van der Waals surface area (Å²) in [4.78, 5) is 9.62. The van der Waals surface area contributed by atoms with E-state index in [4.69, 9.17) is 5.11 Å². The maximum Gasteiger partial charge on any atom is 0.305 e. The monoisotopic (exact) mass is 199 g/mol. The van der Waals surface area contributed by atoms with Crippen molar-refractivity contribution in [2.24, 2.45) is 0 Å². The molecule has 0 atom stereocenters. The Labute approximate surface area is 80.1 Å². The number of nitro benzene ring substituents is 1. The van der Waals surface area contributed by atoms with E-state index in [-0.39, 0.29) is 6.61 Å². The van der Waals surface area contributed by atoms with Crippen LogP contribution in [0.25, 0.3) is 0 Å². The molecule has 0 aliphatic rings. The van der Waals surface area contributed by atoms with Crippen LogP contribution in [0.2, 0.25) is 0 Å². The van der Waals surface area contributed by atoms with Crippen LogP contribution in [0.15, 0.2) is 12.1 Å². The van der Waals surface area contributed by atoms with Crippen molar-refractivity contribution in [2.45, 2.75) is 13.3 Å². The molecule has 5 heteroatoms. The Morgan fingerprint density at radius 3 is 2.71 bits per heavy atom. The Kier molecular flexibility index (Phi) is 3.14. The van der Waals surface area contributed by atoms with Gasteiger partial charge in [0.05, 0.1) is 4.92 Å². The molecule has 0 aliphatic heterocycles. The van der Waals surface area contributed by atoms with Crippen molar-refractivity contribution in [1.29, 1.82) is 0 Å². The van der Waals surface area contributed by atoms with Crippen molar-refractivity contribution in [2.75, 3.05) is 6.61 Å². The molecule has 0 amide bonds. The molecule has 1 N–H and O–H groups in total. The molecule has 0 heterocycles. The Bertz CT molecular complexity index is 365. The zero-order chi connectivity index (χ0) is 10.7. The van der Waals surface area contributed by atoms with Gasteiger partial charge < -0.3 is 5.11 Å². The number of nitro groups is 1. The highest BCUT2D eigenvalue weighted by molar-refractivity contribution is 5.40. The van der Waals surface area contributed by atoms with E-state index in [2.05, 4.69) is 0 Å². The minimum Gasteiger partial charge on any atom is -0.396 e. The first-order valence-corrected chi connectivity index (χ1v) is 4.10. The van der Waals surface area contributed by atoms with Gasteiger partial charge in [-0.05, 0) is 30.5 Å². The zero-order valence-corrected chi connectivity index (χ0v) is 7.66. The third-order valence-electron chi connectivity index (χ3n) is 1.98. The molecule has 1 aromatic rings. The van der Waals surface area contributed by atoms with E-state index in [1.54, 1.807) is 6.92 Å². The van der Waals surface area contributed by atoms with Crippen LogP contribution >= 0.6 is 0 Å². The molecule has 4 nitrogen and oxygen atoms in total. The summed E-state index contributed by atoms with van der Waals surface area (Å²) >= 11 is 0. The number of hydrogen-bond acceptors (Lipinski definition) is 3. The first-order valence-electron chi connectivity index (χ1n) is 4.10. The second-order valence-corrected chi connectivity index (χ2v) is 2.96. The van der Waals surface area contributed by atoms with Gasteiger partial charge in [-0.2, -0.15) is 4.39 Å². The number of benzene rings is 1. The number of hydrogen-bond donors (Lipinski definition) is 1. The van der Waals surface area contributed by atoms with E-state index in [1.807, 2.05) is 0 Å². The van der Waals surface area contributed by atoms with Gasteiger partial charge in [-0.25, -0.2) is 0 Å². The summed E-state index contributed by atoms with van der Waals surface area (Å²) in [5.74, 6) is -0.839. The number of halogens is 1. The quantitative estimate of drug-likeness (QED) is 0.593. The highest BCUT2D eigenvalue weighted by Crippen LogP contribution is 2.22. The molecule has 14 heavy (non-hydrogen) atoms. The summed E-state index contributed by atoms with van der Waals surface area (Å²) in [5.41, 5.74) is 0.668. The van der Waals surface area contributed by atoms with Crippen LogP contribution in [-0.4, -0.2) is 16.6 Å². The molecule has 1 aromatic carbocycles. The predicted molar refractivity (Wildman–Crippen MR) is 48.6 cm³/mol. The molecular formula is C9H10FNO3. The first-order chi connectivity index (χ1) is 6.56. The summed E-state index contributed by atoms with van der Waals surface area (Å²) in [7, 11) is 0. The number of rotatable bonds is 3. The van der Waals surface area contributed by atoms with Gasteiger partial charge >= 0.3 is 5.69 Å². The molecular weight excluding hydrogens is 189 g/mol. The fourth-order valence-electron chi connectivity index (χ4n) is 1.23. The summed E-state index contributed by atoms with van der Waals surface area (Å²) in [6.07, 6.45) is 0.299. The van der Waals surface area contributed by atoms with Crippen LogP contribution < -0.4 is 0 Å². The summed E-state index contributed by atoms with van der Waals surface area (Å²) in [6.45, 7) is 1.54. The third-order valence-corrected chi connectivity index (χ3v) is 1.98. The van der Waals surface area contributed by atoms with Crippen molar-refractivity contribution in [1.82, 2.24) is 0 Å². The molecule has 0 saturated heterocycles. The van der Waals surface area contributed by atoms with Gasteiger partial charge in [0.15, 0.2) is 0 Å². The molecule has 0 spiro atoms. The highest BCUT2D eigenvalue weighted by Gasteiger charge is 2.16. The number of aryl methyl sites for hydroxylation is 1. The molecule has 0 radical (unpaired) electrons. The van der Waals surface area contributed by atoms with E-state index < -0.39 is 16.4 Å². The summed E-state index contributed by atoms with van der Waals surface area (Å²) < 4.78 is 13.0. The van der Waals surface area contributed by atoms with E-state index in [0.717, 1.165) is 6.07 Å². The van der Waals surface area contributed by atoms with Crippen LogP contribution in [0.5, 0.6) is 0 Å². The molecule has 76 valence electrons. The molecule has 0 saturated carbocycles. The lowest BCUT2D eigenvalue weighted by Gasteiger charge is -2.03.